The maximum atomic E-state index is 12.1. The number of furan rings is 1. The standard InChI is InChI=1S/C14H18N2O4/c1-10-9-11(14(18)20-10)15-4-6-16(7-5-15)13(17)12-3-2-8-19-12/h2-3,8,10-11H,4-7,9H2,1H3/t10-,11-/m1/s1. The fourth-order valence-electron chi connectivity index (χ4n) is 2.83. The van der Waals surface area contributed by atoms with Crippen molar-refractivity contribution in [1.82, 2.24) is 9.80 Å². The minimum Gasteiger partial charge on any atom is -0.461 e. The van der Waals surface area contributed by atoms with Crippen LogP contribution in [-0.2, 0) is 9.53 Å². The van der Waals surface area contributed by atoms with Crippen molar-refractivity contribution < 1.29 is 18.7 Å². The van der Waals surface area contributed by atoms with E-state index in [0.29, 0.717) is 31.9 Å². The Morgan fingerprint density at radius 2 is 2.05 bits per heavy atom. The molecule has 2 aliphatic heterocycles. The summed E-state index contributed by atoms with van der Waals surface area (Å²) in [4.78, 5) is 27.7. The van der Waals surface area contributed by atoms with E-state index in [-0.39, 0.29) is 24.0 Å². The Bertz CT molecular complexity index is 491. The summed E-state index contributed by atoms with van der Waals surface area (Å²) in [7, 11) is 0. The van der Waals surface area contributed by atoms with Gasteiger partial charge in [0.1, 0.15) is 12.1 Å². The molecule has 6 heteroatoms. The van der Waals surface area contributed by atoms with Crippen molar-refractivity contribution in [3.05, 3.63) is 24.2 Å². The summed E-state index contributed by atoms with van der Waals surface area (Å²) in [6, 6.07) is 3.23. The van der Waals surface area contributed by atoms with Gasteiger partial charge < -0.3 is 14.1 Å². The Hall–Kier alpha value is -1.82. The van der Waals surface area contributed by atoms with Crippen LogP contribution in [-0.4, -0.2) is 60.0 Å². The molecule has 2 atom stereocenters. The number of amides is 1. The minimum atomic E-state index is -0.147. The van der Waals surface area contributed by atoms with Crippen LogP contribution in [0.3, 0.4) is 0 Å². The number of cyclic esters (lactones) is 1. The lowest BCUT2D eigenvalue weighted by molar-refractivity contribution is -0.145. The first-order valence-corrected chi connectivity index (χ1v) is 6.92. The first-order valence-electron chi connectivity index (χ1n) is 6.92. The predicted molar refractivity (Wildman–Crippen MR) is 70.1 cm³/mol. The number of hydrogen-bond acceptors (Lipinski definition) is 5. The molecule has 108 valence electrons. The molecule has 1 aromatic heterocycles. The number of piperazine rings is 1. The zero-order chi connectivity index (χ0) is 14.1. The van der Waals surface area contributed by atoms with Crippen molar-refractivity contribution >= 4 is 11.9 Å². The molecule has 0 aliphatic carbocycles. The minimum absolute atomic E-state index is 0.00437. The molecule has 2 aliphatic rings. The van der Waals surface area contributed by atoms with Crippen LogP contribution in [0.1, 0.15) is 23.9 Å². The highest BCUT2D eigenvalue weighted by molar-refractivity contribution is 5.91. The molecule has 0 N–H and O–H groups in total. The molecule has 0 bridgehead atoms. The molecule has 3 rings (SSSR count). The largest absolute Gasteiger partial charge is 0.461 e. The van der Waals surface area contributed by atoms with Crippen LogP contribution in [0.25, 0.3) is 0 Å². The molecule has 0 saturated carbocycles. The molecule has 1 aromatic rings. The quantitative estimate of drug-likeness (QED) is 0.747. The fraction of sp³-hybridized carbons (Fsp3) is 0.571. The summed E-state index contributed by atoms with van der Waals surface area (Å²) >= 11 is 0. The van der Waals surface area contributed by atoms with E-state index in [0.717, 1.165) is 6.42 Å². The van der Waals surface area contributed by atoms with Crippen molar-refractivity contribution in [1.29, 1.82) is 0 Å². The third kappa shape index (κ3) is 2.43. The molecule has 3 heterocycles. The van der Waals surface area contributed by atoms with Gasteiger partial charge in [0.05, 0.1) is 6.26 Å². The van der Waals surface area contributed by atoms with E-state index in [1.807, 2.05) is 6.92 Å². The van der Waals surface area contributed by atoms with Crippen LogP contribution >= 0.6 is 0 Å². The van der Waals surface area contributed by atoms with Crippen molar-refractivity contribution in [2.45, 2.75) is 25.5 Å². The predicted octanol–water partition coefficient (Wildman–Crippen LogP) is 0.741. The van der Waals surface area contributed by atoms with Crippen LogP contribution in [0.15, 0.2) is 22.8 Å². The van der Waals surface area contributed by atoms with Crippen molar-refractivity contribution in [3.8, 4) is 0 Å². The normalized spacial score (nSPS) is 27.6. The number of rotatable bonds is 2. The Balaban J connectivity index is 1.57. The smallest absolute Gasteiger partial charge is 0.323 e. The van der Waals surface area contributed by atoms with Gasteiger partial charge in [0.2, 0.25) is 0 Å². The summed E-state index contributed by atoms with van der Waals surface area (Å²) in [6.07, 6.45) is 2.24. The first-order chi connectivity index (χ1) is 9.65. The fourth-order valence-corrected chi connectivity index (χ4v) is 2.83. The monoisotopic (exact) mass is 278 g/mol. The second-order valence-corrected chi connectivity index (χ2v) is 5.30. The van der Waals surface area contributed by atoms with E-state index in [9.17, 15) is 9.59 Å². The zero-order valence-corrected chi connectivity index (χ0v) is 11.4. The van der Waals surface area contributed by atoms with Gasteiger partial charge in [0, 0.05) is 32.6 Å². The van der Waals surface area contributed by atoms with E-state index in [1.54, 1.807) is 17.0 Å². The van der Waals surface area contributed by atoms with Gasteiger partial charge in [-0.3, -0.25) is 14.5 Å². The third-order valence-electron chi connectivity index (χ3n) is 3.92. The lowest BCUT2D eigenvalue weighted by Gasteiger charge is -2.36. The highest BCUT2D eigenvalue weighted by Gasteiger charge is 2.38. The van der Waals surface area contributed by atoms with Crippen LogP contribution in [0.5, 0.6) is 0 Å². The SMILES string of the molecule is C[C@@H]1C[C@@H](N2CCN(C(=O)c3ccco3)CC2)C(=O)O1. The highest BCUT2D eigenvalue weighted by atomic mass is 16.6. The first kappa shape index (κ1) is 13.2. The third-order valence-corrected chi connectivity index (χ3v) is 3.92. The Morgan fingerprint density at radius 1 is 1.30 bits per heavy atom. The lowest BCUT2D eigenvalue weighted by Crippen LogP contribution is -2.53. The van der Waals surface area contributed by atoms with Gasteiger partial charge in [0.25, 0.3) is 5.91 Å². The molecule has 0 radical (unpaired) electrons. The summed E-state index contributed by atoms with van der Waals surface area (Å²) in [6.45, 7) is 4.52. The second kappa shape index (κ2) is 5.28. The summed E-state index contributed by atoms with van der Waals surface area (Å²) in [5.41, 5.74) is 0. The number of esters is 1. The van der Waals surface area contributed by atoms with Crippen LogP contribution in [0.2, 0.25) is 0 Å². The Labute approximate surface area is 117 Å². The lowest BCUT2D eigenvalue weighted by atomic mass is 10.1. The van der Waals surface area contributed by atoms with Crippen molar-refractivity contribution in [2.24, 2.45) is 0 Å². The van der Waals surface area contributed by atoms with Crippen LogP contribution in [0.4, 0.5) is 0 Å². The van der Waals surface area contributed by atoms with E-state index >= 15 is 0 Å². The Morgan fingerprint density at radius 3 is 2.60 bits per heavy atom. The number of carbonyl (C=O) groups is 2. The van der Waals surface area contributed by atoms with Crippen molar-refractivity contribution in [3.63, 3.8) is 0 Å². The molecule has 2 fully saturated rings. The van der Waals surface area contributed by atoms with Gasteiger partial charge in [-0.2, -0.15) is 0 Å². The summed E-state index contributed by atoms with van der Waals surface area (Å²) in [5, 5.41) is 0. The van der Waals surface area contributed by atoms with Crippen LogP contribution < -0.4 is 0 Å². The van der Waals surface area contributed by atoms with Gasteiger partial charge in [-0.15, -0.1) is 0 Å². The van der Waals surface area contributed by atoms with Crippen molar-refractivity contribution in [2.75, 3.05) is 26.2 Å². The van der Waals surface area contributed by atoms with Gasteiger partial charge in [-0.25, -0.2) is 0 Å². The molecule has 1 amide bonds. The van der Waals surface area contributed by atoms with Gasteiger partial charge >= 0.3 is 5.97 Å². The number of ether oxygens (including phenoxy) is 1. The average Bonchev–Trinajstić information content (AvgIpc) is 3.08. The topological polar surface area (TPSA) is 63.0 Å². The average molecular weight is 278 g/mol. The van der Waals surface area contributed by atoms with Crippen LogP contribution in [0, 0.1) is 0 Å². The molecule has 0 unspecified atom stereocenters. The molecule has 2 saturated heterocycles. The van der Waals surface area contributed by atoms with E-state index in [2.05, 4.69) is 4.90 Å². The van der Waals surface area contributed by atoms with Gasteiger partial charge in [-0.1, -0.05) is 0 Å². The maximum Gasteiger partial charge on any atom is 0.323 e. The molecule has 6 nitrogen and oxygen atoms in total. The maximum absolute atomic E-state index is 12.1. The molecule has 0 spiro atoms. The number of hydrogen-bond donors (Lipinski definition) is 0. The summed E-state index contributed by atoms with van der Waals surface area (Å²) in [5.74, 6) is 0.146. The second-order valence-electron chi connectivity index (χ2n) is 5.30. The molecular formula is C14H18N2O4. The summed E-state index contributed by atoms with van der Waals surface area (Å²) < 4.78 is 10.3. The Kier molecular flexibility index (Phi) is 3.48. The molecular weight excluding hydrogens is 260 g/mol. The number of carbonyl (C=O) groups excluding carboxylic acids is 2. The van der Waals surface area contributed by atoms with E-state index in [4.69, 9.17) is 9.15 Å². The van der Waals surface area contributed by atoms with Gasteiger partial charge in [-0.05, 0) is 19.1 Å². The number of nitrogens with zero attached hydrogens (tertiary/aromatic N) is 2. The van der Waals surface area contributed by atoms with E-state index in [1.165, 1.54) is 6.26 Å². The van der Waals surface area contributed by atoms with Gasteiger partial charge in [0.15, 0.2) is 5.76 Å². The highest BCUT2D eigenvalue weighted by Crippen LogP contribution is 2.21. The molecule has 20 heavy (non-hydrogen) atoms. The molecule has 0 aromatic carbocycles. The van der Waals surface area contributed by atoms with E-state index < -0.39 is 0 Å². The zero-order valence-electron chi connectivity index (χ0n) is 11.4.